The van der Waals surface area contributed by atoms with Crippen molar-refractivity contribution in [3.63, 3.8) is 0 Å². The molecule has 2 heterocycles. The number of rotatable bonds is 7. The maximum atomic E-state index is 10.3. The molecule has 1 aliphatic heterocycles. The summed E-state index contributed by atoms with van der Waals surface area (Å²) in [4.78, 5) is 4.68. The number of imidazole rings is 1. The van der Waals surface area contributed by atoms with E-state index in [4.69, 9.17) is 4.74 Å². The number of ether oxygens (including phenoxy) is 1. The smallest absolute Gasteiger partial charge is 0.160 e. The normalized spacial score (nSPS) is 14.6. The largest absolute Gasteiger partial charge is 0.490 e. The zero-order valence-electron chi connectivity index (χ0n) is 20.6. The van der Waals surface area contributed by atoms with Crippen molar-refractivity contribution in [2.75, 3.05) is 23.8 Å². The van der Waals surface area contributed by atoms with Crippen LogP contribution in [0.3, 0.4) is 0 Å². The monoisotopic (exact) mass is 458 g/mol. The summed E-state index contributed by atoms with van der Waals surface area (Å²) in [6, 6.07) is 14.1. The van der Waals surface area contributed by atoms with E-state index in [2.05, 4.69) is 65.4 Å². The number of benzene rings is 2. The third kappa shape index (κ3) is 5.18. The van der Waals surface area contributed by atoms with Gasteiger partial charge in [-0.25, -0.2) is 4.98 Å². The Morgan fingerprint density at radius 2 is 1.97 bits per heavy atom. The Morgan fingerprint density at radius 3 is 2.68 bits per heavy atom. The second kappa shape index (κ2) is 9.77. The Morgan fingerprint density at radius 1 is 1.21 bits per heavy atom. The van der Waals surface area contributed by atoms with Crippen LogP contribution in [-0.2, 0) is 5.60 Å². The number of nitrogens with one attached hydrogen (secondary N) is 2. The van der Waals surface area contributed by atoms with Crippen molar-refractivity contribution in [2.24, 2.45) is 0 Å². The van der Waals surface area contributed by atoms with Crippen LogP contribution in [-0.4, -0.2) is 27.8 Å². The van der Waals surface area contributed by atoms with E-state index < -0.39 is 5.60 Å². The summed E-state index contributed by atoms with van der Waals surface area (Å²) >= 11 is 0. The fraction of sp³-hybridized carbons (Fsp3) is 0.321. The van der Waals surface area contributed by atoms with Gasteiger partial charge in [-0.3, -0.25) is 0 Å². The molecule has 1 aromatic heterocycles. The molecule has 34 heavy (non-hydrogen) atoms. The molecular formula is C28H34N4O2. The quantitative estimate of drug-likeness (QED) is 0.394. The SMILES string of the molecule is CCC(C)=C(Nc1ccc(C(C)(C)O)cc1)c1nccn1/C=C(\C)c1ccc2c(c1)OCCN2. The lowest BCUT2D eigenvalue weighted by molar-refractivity contribution is 0.0786. The summed E-state index contributed by atoms with van der Waals surface area (Å²) in [6.45, 7) is 11.5. The Bertz CT molecular complexity index is 1210. The molecule has 3 N–H and O–H groups in total. The molecule has 0 saturated carbocycles. The minimum atomic E-state index is -0.868. The molecule has 6 heteroatoms. The maximum absolute atomic E-state index is 10.3. The number of fused-ring (bicyclic) bond motifs is 1. The maximum Gasteiger partial charge on any atom is 0.160 e. The second-order valence-corrected chi connectivity index (χ2v) is 9.23. The molecule has 6 nitrogen and oxygen atoms in total. The molecule has 0 amide bonds. The van der Waals surface area contributed by atoms with E-state index >= 15 is 0 Å². The molecule has 0 bridgehead atoms. The van der Waals surface area contributed by atoms with E-state index in [1.54, 1.807) is 13.8 Å². The van der Waals surface area contributed by atoms with E-state index in [0.29, 0.717) is 6.61 Å². The van der Waals surface area contributed by atoms with E-state index in [-0.39, 0.29) is 0 Å². The summed E-state index contributed by atoms with van der Waals surface area (Å²) < 4.78 is 7.87. The lowest BCUT2D eigenvalue weighted by Crippen LogP contribution is -2.17. The lowest BCUT2D eigenvalue weighted by atomic mass is 9.98. The van der Waals surface area contributed by atoms with Crippen molar-refractivity contribution in [1.29, 1.82) is 0 Å². The third-order valence-corrected chi connectivity index (χ3v) is 6.15. The van der Waals surface area contributed by atoms with Crippen molar-refractivity contribution in [1.82, 2.24) is 9.55 Å². The molecule has 2 aromatic carbocycles. The van der Waals surface area contributed by atoms with Crippen LogP contribution in [0.25, 0.3) is 17.5 Å². The molecule has 0 atom stereocenters. The van der Waals surface area contributed by atoms with Gasteiger partial charge in [0, 0.05) is 30.8 Å². The molecule has 4 rings (SSSR count). The first-order valence-corrected chi connectivity index (χ1v) is 11.8. The van der Waals surface area contributed by atoms with Gasteiger partial charge in [0.15, 0.2) is 5.82 Å². The predicted molar refractivity (Wildman–Crippen MR) is 141 cm³/mol. The third-order valence-electron chi connectivity index (χ3n) is 6.15. The second-order valence-electron chi connectivity index (χ2n) is 9.23. The highest BCUT2D eigenvalue weighted by Gasteiger charge is 2.17. The van der Waals surface area contributed by atoms with Gasteiger partial charge in [-0.2, -0.15) is 0 Å². The van der Waals surface area contributed by atoms with Crippen LogP contribution in [0, 0.1) is 0 Å². The number of allylic oxidation sites excluding steroid dienone is 2. The summed E-state index contributed by atoms with van der Waals surface area (Å²) in [6.07, 6.45) is 6.79. The first kappa shape index (κ1) is 23.6. The van der Waals surface area contributed by atoms with Crippen molar-refractivity contribution < 1.29 is 9.84 Å². The molecular weight excluding hydrogens is 424 g/mol. The van der Waals surface area contributed by atoms with Crippen LogP contribution in [0.2, 0.25) is 0 Å². The lowest BCUT2D eigenvalue weighted by Gasteiger charge is -2.20. The number of aliphatic hydroxyl groups is 1. The van der Waals surface area contributed by atoms with Crippen LogP contribution in [0.1, 0.15) is 58.0 Å². The summed E-state index contributed by atoms with van der Waals surface area (Å²) in [7, 11) is 0. The Hall–Kier alpha value is -3.51. The van der Waals surface area contributed by atoms with Crippen molar-refractivity contribution in [3.8, 4) is 5.75 Å². The Kier molecular flexibility index (Phi) is 6.80. The van der Waals surface area contributed by atoms with Crippen molar-refractivity contribution >= 4 is 28.8 Å². The minimum Gasteiger partial charge on any atom is -0.490 e. The fourth-order valence-corrected chi connectivity index (χ4v) is 3.91. The number of aromatic nitrogens is 2. The van der Waals surface area contributed by atoms with Crippen LogP contribution >= 0.6 is 0 Å². The van der Waals surface area contributed by atoms with Crippen molar-refractivity contribution in [2.45, 2.75) is 46.6 Å². The van der Waals surface area contributed by atoms with E-state index in [1.807, 2.05) is 36.7 Å². The highest BCUT2D eigenvalue weighted by molar-refractivity contribution is 5.80. The van der Waals surface area contributed by atoms with Crippen LogP contribution in [0.5, 0.6) is 5.75 Å². The van der Waals surface area contributed by atoms with Crippen LogP contribution in [0.15, 0.2) is 60.4 Å². The number of anilines is 2. The first-order valence-electron chi connectivity index (χ1n) is 11.8. The molecule has 3 aromatic rings. The molecule has 0 saturated heterocycles. The summed E-state index contributed by atoms with van der Waals surface area (Å²) in [5, 5.41) is 17.2. The molecule has 178 valence electrons. The van der Waals surface area contributed by atoms with Gasteiger partial charge in [-0.05, 0) is 80.7 Å². The zero-order valence-corrected chi connectivity index (χ0v) is 20.6. The van der Waals surface area contributed by atoms with E-state index in [9.17, 15) is 5.11 Å². The number of hydrogen-bond donors (Lipinski definition) is 3. The molecule has 0 aliphatic carbocycles. The Balaban J connectivity index is 1.64. The summed E-state index contributed by atoms with van der Waals surface area (Å²) in [5.74, 6) is 1.74. The van der Waals surface area contributed by atoms with Crippen LogP contribution in [0.4, 0.5) is 11.4 Å². The zero-order chi connectivity index (χ0) is 24.3. The van der Waals surface area contributed by atoms with E-state index in [0.717, 1.165) is 58.3 Å². The van der Waals surface area contributed by atoms with Gasteiger partial charge in [0.2, 0.25) is 0 Å². The van der Waals surface area contributed by atoms with Crippen molar-refractivity contribution in [3.05, 3.63) is 77.4 Å². The molecule has 0 radical (unpaired) electrons. The molecule has 0 fully saturated rings. The molecule has 0 unspecified atom stereocenters. The van der Waals surface area contributed by atoms with Gasteiger partial charge in [-0.15, -0.1) is 0 Å². The first-order chi connectivity index (χ1) is 16.3. The highest BCUT2D eigenvalue weighted by atomic mass is 16.5. The summed E-state index contributed by atoms with van der Waals surface area (Å²) in [5.41, 5.74) is 6.39. The predicted octanol–water partition coefficient (Wildman–Crippen LogP) is 6.19. The van der Waals surface area contributed by atoms with Gasteiger partial charge in [-0.1, -0.05) is 25.1 Å². The van der Waals surface area contributed by atoms with E-state index in [1.165, 1.54) is 5.57 Å². The van der Waals surface area contributed by atoms with Gasteiger partial charge >= 0.3 is 0 Å². The van der Waals surface area contributed by atoms with Gasteiger partial charge in [0.1, 0.15) is 12.4 Å². The molecule has 0 spiro atoms. The minimum absolute atomic E-state index is 0.678. The van der Waals surface area contributed by atoms with Gasteiger partial charge in [0.25, 0.3) is 0 Å². The van der Waals surface area contributed by atoms with Crippen LogP contribution < -0.4 is 15.4 Å². The average Bonchev–Trinajstić information content (AvgIpc) is 3.29. The van der Waals surface area contributed by atoms with Gasteiger partial charge in [0.05, 0.1) is 17.0 Å². The topological polar surface area (TPSA) is 71.3 Å². The standard InChI is InChI=1S/C28H34N4O2/c1-6-19(2)26(31-23-10-8-22(9-11-23)28(4,5)33)27-30-13-15-32(27)18-20(3)21-7-12-24-25(17-21)34-16-14-29-24/h7-13,15,17-18,29,31,33H,6,14,16H2,1-5H3/b20-18+,26-19?. The van der Waals surface area contributed by atoms with Gasteiger partial charge < -0.3 is 25.0 Å². The fourth-order valence-electron chi connectivity index (χ4n) is 3.91. The number of nitrogens with zero attached hydrogens (tertiary/aromatic N) is 2. The average molecular weight is 459 g/mol. The highest BCUT2D eigenvalue weighted by Crippen LogP contribution is 2.31. The Labute approximate surface area is 202 Å². The number of hydrogen-bond acceptors (Lipinski definition) is 5. The molecule has 1 aliphatic rings.